The molecule has 0 aliphatic carbocycles. The molecule has 4 aromatic carbocycles. The quantitative estimate of drug-likeness (QED) is 0.242. The van der Waals surface area contributed by atoms with Crippen LogP contribution in [0.25, 0.3) is 42.2 Å². The highest BCUT2D eigenvalue weighted by Gasteiger charge is 2.34. The lowest BCUT2D eigenvalue weighted by atomic mass is 10.0. The molecule has 0 amide bonds. The molecule has 34 heavy (non-hydrogen) atoms. The molecule has 2 aromatic heterocycles. The number of hydrogen-bond acceptors (Lipinski definition) is 4. The van der Waals surface area contributed by atoms with Gasteiger partial charge in [-0.15, -0.1) is 21.5 Å². The van der Waals surface area contributed by atoms with E-state index < -0.39 is 11.7 Å². The van der Waals surface area contributed by atoms with Crippen molar-refractivity contribution in [2.45, 2.75) is 6.18 Å². The Morgan fingerprint density at radius 1 is 0.676 bits per heavy atom. The lowest BCUT2D eigenvalue weighted by molar-refractivity contribution is -0.138. The smallest absolute Gasteiger partial charge is 0.419 e. The molecule has 0 saturated carbocycles. The number of nitrogens with zero attached hydrogens (tertiary/aromatic N) is 2. The molecule has 0 atom stereocenters. The minimum atomic E-state index is -4.55. The molecular weight excluding hydrogens is 457 g/mol. The molecule has 0 unspecified atom stereocenters. The van der Waals surface area contributed by atoms with E-state index in [2.05, 4.69) is 16.3 Å². The summed E-state index contributed by atoms with van der Waals surface area (Å²) < 4.78 is 47.5. The van der Waals surface area contributed by atoms with Crippen molar-refractivity contribution >= 4 is 43.0 Å². The summed E-state index contributed by atoms with van der Waals surface area (Å²) in [7, 11) is 0. The summed E-state index contributed by atoms with van der Waals surface area (Å²) in [5, 5.41) is 13.0. The maximum atomic E-state index is 13.5. The number of aromatic nitrogens is 2. The van der Waals surface area contributed by atoms with Gasteiger partial charge in [0.05, 0.1) is 10.4 Å². The summed E-state index contributed by atoms with van der Waals surface area (Å²) in [5.74, 6) is -0.282. The van der Waals surface area contributed by atoms with Crippen molar-refractivity contribution in [2.75, 3.05) is 0 Å². The molecule has 0 fully saturated rings. The van der Waals surface area contributed by atoms with Crippen LogP contribution < -0.4 is 4.74 Å². The van der Waals surface area contributed by atoms with Crippen molar-refractivity contribution in [3.63, 3.8) is 0 Å². The van der Waals surface area contributed by atoms with Crippen LogP contribution in [-0.4, -0.2) is 10.2 Å². The van der Waals surface area contributed by atoms with Gasteiger partial charge in [0, 0.05) is 15.5 Å². The molecule has 2 heterocycles. The molecule has 0 aliphatic heterocycles. The van der Waals surface area contributed by atoms with Gasteiger partial charge < -0.3 is 4.74 Å². The third-order valence-corrected chi connectivity index (χ3v) is 6.79. The predicted molar refractivity (Wildman–Crippen MR) is 129 cm³/mol. The van der Waals surface area contributed by atoms with Crippen LogP contribution in [0.2, 0.25) is 0 Å². The molecule has 0 radical (unpaired) electrons. The third kappa shape index (κ3) is 3.54. The zero-order valence-electron chi connectivity index (χ0n) is 17.5. The molecular formula is C27H15F3N2OS. The summed E-state index contributed by atoms with van der Waals surface area (Å²) in [4.78, 5) is 0.927. The average Bonchev–Trinajstić information content (AvgIpc) is 3.27. The summed E-state index contributed by atoms with van der Waals surface area (Å²) in [6.07, 6.45) is -4.55. The molecule has 7 heteroatoms. The molecule has 6 aromatic rings. The van der Waals surface area contributed by atoms with E-state index in [1.165, 1.54) is 18.2 Å². The Morgan fingerprint density at radius 2 is 1.32 bits per heavy atom. The monoisotopic (exact) mass is 472 g/mol. The highest BCUT2D eigenvalue weighted by molar-refractivity contribution is 7.22. The van der Waals surface area contributed by atoms with Crippen LogP contribution in [0, 0.1) is 0 Å². The first-order valence-corrected chi connectivity index (χ1v) is 11.3. The zero-order chi connectivity index (χ0) is 23.3. The Morgan fingerprint density at radius 3 is 2.06 bits per heavy atom. The van der Waals surface area contributed by atoms with Crippen LogP contribution in [0.3, 0.4) is 0 Å². The van der Waals surface area contributed by atoms with Crippen LogP contribution in [0.1, 0.15) is 5.56 Å². The minimum Gasteiger partial charge on any atom is -0.436 e. The van der Waals surface area contributed by atoms with Gasteiger partial charge in [-0.25, -0.2) is 0 Å². The molecule has 6 rings (SSSR count). The van der Waals surface area contributed by atoms with Crippen molar-refractivity contribution in [3.8, 4) is 22.2 Å². The maximum absolute atomic E-state index is 13.5. The molecule has 0 saturated heterocycles. The lowest BCUT2D eigenvalue weighted by Gasteiger charge is -2.15. The van der Waals surface area contributed by atoms with Crippen molar-refractivity contribution in [2.24, 2.45) is 0 Å². The van der Waals surface area contributed by atoms with E-state index in [0.29, 0.717) is 11.1 Å². The largest absolute Gasteiger partial charge is 0.436 e. The van der Waals surface area contributed by atoms with Gasteiger partial charge in [0.2, 0.25) is 5.88 Å². The fourth-order valence-corrected chi connectivity index (χ4v) is 5.13. The summed E-state index contributed by atoms with van der Waals surface area (Å²) >= 11 is 1.59. The highest BCUT2D eigenvalue weighted by Crippen LogP contribution is 2.42. The number of alkyl halides is 3. The first-order valence-electron chi connectivity index (χ1n) is 10.5. The average molecular weight is 472 g/mol. The lowest BCUT2D eigenvalue weighted by Crippen LogP contribution is -2.07. The van der Waals surface area contributed by atoms with Gasteiger partial charge in [0.25, 0.3) is 0 Å². The van der Waals surface area contributed by atoms with E-state index in [-0.39, 0.29) is 11.6 Å². The van der Waals surface area contributed by atoms with Gasteiger partial charge in [-0.2, -0.15) is 13.2 Å². The van der Waals surface area contributed by atoms with Crippen molar-refractivity contribution < 1.29 is 17.9 Å². The summed E-state index contributed by atoms with van der Waals surface area (Å²) in [6, 6.07) is 26.9. The fraction of sp³-hybridized carbons (Fsp3) is 0.0370. The molecule has 0 aliphatic rings. The van der Waals surface area contributed by atoms with Gasteiger partial charge in [-0.05, 0) is 52.6 Å². The van der Waals surface area contributed by atoms with Crippen LogP contribution >= 0.6 is 11.3 Å². The first-order chi connectivity index (χ1) is 16.5. The van der Waals surface area contributed by atoms with Crippen LogP contribution in [0.5, 0.6) is 11.6 Å². The maximum Gasteiger partial charge on any atom is 0.419 e. The van der Waals surface area contributed by atoms with E-state index in [1.807, 2.05) is 60.7 Å². The van der Waals surface area contributed by atoms with E-state index in [1.54, 1.807) is 11.3 Å². The van der Waals surface area contributed by atoms with Crippen LogP contribution in [0.4, 0.5) is 13.2 Å². The van der Waals surface area contributed by atoms with Gasteiger partial charge in [-0.1, -0.05) is 54.6 Å². The fourth-order valence-electron chi connectivity index (χ4n) is 4.07. The standard InChI is InChI=1S/C27H15F3N2OS/c28-27(29,30)21-10-4-5-11-22(21)33-26-20-14-17-8-2-1-7-16(17)13-19(20)25(31-32-26)24-15-18-9-3-6-12-23(18)34-24/h1-15H. The van der Waals surface area contributed by atoms with E-state index in [9.17, 15) is 13.2 Å². The van der Waals surface area contributed by atoms with Crippen LogP contribution in [-0.2, 0) is 6.18 Å². The number of ether oxygens (including phenoxy) is 1. The Kier molecular flexibility index (Phi) is 4.74. The van der Waals surface area contributed by atoms with E-state index in [0.717, 1.165) is 37.2 Å². The summed E-state index contributed by atoms with van der Waals surface area (Å²) in [5.41, 5.74) is -0.197. The number of halogens is 3. The number of fused-ring (bicyclic) bond motifs is 3. The number of benzene rings is 4. The Balaban J connectivity index is 1.58. The second-order valence-corrected chi connectivity index (χ2v) is 8.93. The topological polar surface area (TPSA) is 35.0 Å². The first kappa shape index (κ1) is 20.6. The molecule has 0 N–H and O–H groups in total. The Bertz CT molecular complexity index is 1660. The van der Waals surface area contributed by atoms with Gasteiger partial charge in [0.1, 0.15) is 11.4 Å². The van der Waals surface area contributed by atoms with Crippen LogP contribution in [0.15, 0.2) is 91.0 Å². The predicted octanol–water partition coefficient (Wildman–Crippen LogP) is 8.48. The normalized spacial score (nSPS) is 12.0. The van der Waals surface area contributed by atoms with E-state index in [4.69, 9.17) is 4.74 Å². The van der Waals surface area contributed by atoms with Gasteiger partial charge in [0.15, 0.2) is 0 Å². The SMILES string of the molecule is FC(F)(F)c1ccccc1Oc1nnc(-c2cc3ccccc3s2)c2cc3ccccc3cc12. The number of rotatable bonds is 3. The van der Waals surface area contributed by atoms with Gasteiger partial charge >= 0.3 is 6.18 Å². The minimum absolute atomic E-state index is 0.0299. The number of thiophene rings is 1. The van der Waals surface area contributed by atoms with Crippen molar-refractivity contribution in [3.05, 3.63) is 96.6 Å². The highest BCUT2D eigenvalue weighted by atomic mass is 32.1. The van der Waals surface area contributed by atoms with Crippen molar-refractivity contribution in [1.29, 1.82) is 0 Å². The Hall–Kier alpha value is -3.97. The van der Waals surface area contributed by atoms with E-state index >= 15 is 0 Å². The third-order valence-electron chi connectivity index (χ3n) is 5.67. The summed E-state index contributed by atoms with van der Waals surface area (Å²) in [6.45, 7) is 0. The second-order valence-electron chi connectivity index (χ2n) is 7.84. The number of para-hydroxylation sites is 1. The Labute approximate surface area is 196 Å². The molecule has 0 bridgehead atoms. The molecule has 0 spiro atoms. The molecule has 166 valence electrons. The zero-order valence-corrected chi connectivity index (χ0v) is 18.3. The van der Waals surface area contributed by atoms with Gasteiger partial charge in [-0.3, -0.25) is 0 Å². The number of hydrogen-bond donors (Lipinski definition) is 0. The van der Waals surface area contributed by atoms with Crippen molar-refractivity contribution in [1.82, 2.24) is 10.2 Å². The second kappa shape index (κ2) is 7.81. The molecule has 3 nitrogen and oxygen atoms in total.